The normalized spacial score (nSPS) is 17.0. The first-order valence-corrected chi connectivity index (χ1v) is 9.56. The van der Waals surface area contributed by atoms with Crippen molar-refractivity contribution in [3.63, 3.8) is 0 Å². The third-order valence-corrected chi connectivity index (χ3v) is 5.87. The van der Waals surface area contributed by atoms with Gasteiger partial charge in [0.2, 0.25) is 15.9 Å². The fourth-order valence-electron chi connectivity index (χ4n) is 2.82. The maximum atomic E-state index is 12.8. The van der Waals surface area contributed by atoms with Crippen molar-refractivity contribution in [1.29, 1.82) is 0 Å². The molecule has 0 aromatic heterocycles. The maximum Gasteiger partial charge on any atom is 0.240 e. The molecule has 1 atom stereocenters. The van der Waals surface area contributed by atoms with E-state index in [4.69, 9.17) is 5.73 Å². The van der Waals surface area contributed by atoms with Crippen LogP contribution in [-0.2, 0) is 14.8 Å². The van der Waals surface area contributed by atoms with Crippen LogP contribution in [0.5, 0.6) is 0 Å². The van der Waals surface area contributed by atoms with E-state index in [9.17, 15) is 17.6 Å². The molecule has 6 nitrogen and oxygen atoms in total. The van der Waals surface area contributed by atoms with Crippen LogP contribution in [0.3, 0.4) is 0 Å². The minimum atomic E-state index is -3.73. The minimum Gasteiger partial charge on any atom is -0.343 e. The topological polar surface area (TPSA) is 92.5 Å². The van der Waals surface area contributed by atoms with Crippen LogP contribution in [0, 0.1) is 11.7 Å². The molecule has 1 fully saturated rings. The number of piperidine rings is 1. The summed E-state index contributed by atoms with van der Waals surface area (Å²) in [5.74, 6) is -0.134. The Balaban J connectivity index is 0.00000312. The van der Waals surface area contributed by atoms with Crippen molar-refractivity contribution < 1.29 is 17.6 Å². The van der Waals surface area contributed by atoms with Crippen molar-refractivity contribution in [3.05, 3.63) is 30.1 Å². The largest absolute Gasteiger partial charge is 0.343 e. The lowest BCUT2D eigenvalue weighted by Crippen LogP contribution is -2.43. The van der Waals surface area contributed by atoms with Gasteiger partial charge in [0, 0.05) is 32.1 Å². The van der Waals surface area contributed by atoms with E-state index in [1.165, 1.54) is 12.1 Å². The Morgan fingerprint density at radius 3 is 2.40 bits per heavy atom. The van der Waals surface area contributed by atoms with Gasteiger partial charge in [-0.3, -0.25) is 4.79 Å². The second-order valence-electron chi connectivity index (χ2n) is 6.18. The molecule has 25 heavy (non-hydrogen) atoms. The van der Waals surface area contributed by atoms with E-state index in [1.807, 2.05) is 6.92 Å². The smallest absolute Gasteiger partial charge is 0.240 e. The van der Waals surface area contributed by atoms with Gasteiger partial charge < -0.3 is 10.6 Å². The molecular formula is C16H25ClFN3O3S. The number of likely N-dealkylation sites (tertiary alicyclic amines) is 1. The van der Waals surface area contributed by atoms with Crippen molar-refractivity contribution in [2.45, 2.75) is 37.1 Å². The lowest BCUT2D eigenvalue weighted by Gasteiger charge is -2.33. The number of hydrogen-bond acceptors (Lipinski definition) is 4. The van der Waals surface area contributed by atoms with Gasteiger partial charge in [0.05, 0.1) is 4.90 Å². The molecule has 1 unspecified atom stereocenters. The van der Waals surface area contributed by atoms with Crippen LogP contribution in [0.15, 0.2) is 29.2 Å². The molecule has 0 spiro atoms. The zero-order chi connectivity index (χ0) is 17.7. The summed E-state index contributed by atoms with van der Waals surface area (Å²) >= 11 is 0. The number of nitrogens with one attached hydrogen (secondary N) is 1. The monoisotopic (exact) mass is 393 g/mol. The Kier molecular flexibility index (Phi) is 8.27. The van der Waals surface area contributed by atoms with E-state index in [2.05, 4.69) is 4.72 Å². The van der Waals surface area contributed by atoms with E-state index in [-0.39, 0.29) is 42.2 Å². The van der Waals surface area contributed by atoms with E-state index in [0.29, 0.717) is 19.0 Å². The number of hydrogen-bond donors (Lipinski definition) is 2. The van der Waals surface area contributed by atoms with Crippen LogP contribution in [0.1, 0.15) is 26.2 Å². The van der Waals surface area contributed by atoms with Gasteiger partial charge in [-0.2, -0.15) is 0 Å². The van der Waals surface area contributed by atoms with Gasteiger partial charge in [0.1, 0.15) is 5.82 Å². The molecule has 3 N–H and O–H groups in total. The van der Waals surface area contributed by atoms with Gasteiger partial charge in [-0.1, -0.05) is 0 Å². The second-order valence-corrected chi connectivity index (χ2v) is 7.95. The summed E-state index contributed by atoms with van der Waals surface area (Å²) in [5.41, 5.74) is 5.88. The van der Waals surface area contributed by atoms with E-state index >= 15 is 0 Å². The fraction of sp³-hybridized carbons (Fsp3) is 0.562. The molecule has 1 heterocycles. The molecule has 1 aliphatic rings. The highest BCUT2D eigenvalue weighted by Crippen LogP contribution is 2.20. The van der Waals surface area contributed by atoms with Crippen LogP contribution in [0.4, 0.5) is 4.39 Å². The summed E-state index contributed by atoms with van der Waals surface area (Å²) < 4.78 is 39.3. The third kappa shape index (κ3) is 6.22. The van der Waals surface area contributed by atoms with E-state index < -0.39 is 15.8 Å². The zero-order valence-corrected chi connectivity index (χ0v) is 15.8. The SMILES string of the molecule is CC(N)C1CCN(C(=O)CCNS(=O)(=O)c2ccc(F)cc2)CC1.Cl. The molecule has 0 radical (unpaired) electrons. The standard InChI is InChI=1S/C16H24FN3O3S.ClH/c1-12(18)13-7-10-20(11-8-13)16(21)6-9-19-24(22,23)15-4-2-14(17)3-5-15;/h2-5,12-13,19H,6-11,18H2,1H3;1H. The van der Waals surface area contributed by atoms with Gasteiger partial charge in [-0.05, 0) is 49.9 Å². The predicted molar refractivity (Wildman–Crippen MR) is 96.4 cm³/mol. The van der Waals surface area contributed by atoms with Crippen molar-refractivity contribution in [2.24, 2.45) is 11.7 Å². The zero-order valence-electron chi connectivity index (χ0n) is 14.2. The molecule has 142 valence electrons. The Morgan fingerprint density at radius 1 is 1.32 bits per heavy atom. The highest BCUT2D eigenvalue weighted by Gasteiger charge is 2.24. The lowest BCUT2D eigenvalue weighted by molar-refractivity contribution is -0.132. The highest BCUT2D eigenvalue weighted by atomic mass is 35.5. The summed E-state index contributed by atoms with van der Waals surface area (Å²) in [6.07, 6.45) is 1.86. The van der Waals surface area contributed by atoms with E-state index in [0.717, 1.165) is 25.0 Å². The Morgan fingerprint density at radius 2 is 1.88 bits per heavy atom. The van der Waals surface area contributed by atoms with Gasteiger partial charge in [-0.15, -0.1) is 12.4 Å². The van der Waals surface area contributed by atoms with Crippen LogP contribution in [0.25, 0.3) is 0 Å². The summed E-state index contributed by atoms with van der Waals surface area (Å²) in [7, 11) is -3.73. The van der Waals surface area contributed by atoms with Crippen molar-refractivity contribution in [1.82, 2.24) is 9.62 Å². The van der Waals surface area contributed by atoms with E-state index in [1.54, 1.807) is 4.90 Å². The summed E-state index contributed by atoms with van der Waals surface area (Å²) in [5, 5.41) is 0. The maximum absolute atomic E-state index is 12.8. The lowest BCUT2D eigenvalue weighted by atomic mass is 9.91. The average molecular weight is 394 g/mol. The number of amides is 1. The van der Waals surface area contributed by atoms with Crippen LogP contribution in [-0.4, -0.2) is 44.9 Å². The molecule has 0 saturated carbocycles. The van der Waals surface area contributed by atoms with Crippen molar-refractivity contribution in [3.8, 4) is 0 Å². The predicted octanol–water partition coefficient (Wildman–Crippen LogP) is 1.50. The quantitative estimate of drug-likeness (QED) is 0.766. The van der Waals surface area contributed by atoms with Gasteiger partial charge in [0.25, 0.3) is 0 Å². The molecule has 1 aromatic carbocycles. The molecule has 1 aromatic rings. The second kappa shape index (κ2) is 9.47. The van der Waals surface area contributed by atoms with Crippen molar-refractivity contribution >= 4 is 28.3 Å². The van der Waals surface area contributed by atoms with Crippen LogP contribution < -0.4 is 10.5 Å². The molecule has 0 bridgehead atoms. The molecule has 9 heteroatoms. The number of nitrogens with zero attached hydrogens (tertiary/aromatic N) is 1. The Bertz CT molecular complexity index is 660. The summed E-state index contributed by atoms with van der Waals surface area (Å²) in [6.45, 7) is 3.32. The first-order chi connectivity index (χ1) is 11.3. The number of benzene rings is 1. The molecular weight excluding hydrogens is 369 g/mol. The number of rotatable bonds is 6. The number of sulfonamides is 1. The number of halogens is 2. The minimum absolute atomic E-state index is 0. The number of nitrogens with two attached hydrogens (primary N) is 1. The number of carbonyl (C=O) groups excluding carboxylic acids is 1. The highest BCUT2D eigenvalue weighted by molar-refractivity contribution is 7.89. The average Bonchev–Trinajstić information content (AvgIpc) is 2.55. The third-order valence-electron chi connectivity index (χ3n) is 4.39. The Labute approximate surface area is 154 Å². The molecule has 2 rings (SSSR count). The molecule has 1 saturated heterocycles. The van der Waals surface area contributed by atoms with Crippen molar-refractivity contribution in [2.75, 3.05) is 19.6 Å². The molecule has 0 aliphatic carbocycles. The Hall–Kier alpha value is -1.22. The first-order valence-electron chi connectivity index (χ1n) is 8.08. The van der Waals surface area contributed by atoms with Gasteiger partial charge in [-0.25, -0.2) is 17.5 Å². The number of carbonyl (C=O) groups is 1. The molecule has 1 amide bonds. The van der Waals surface area contributed by atoms with Gasteiger partial charge >= 0.3 is 0 Å². The summed E-state index contributed by atoms with van der Waals surface area (Å²) in [4.78, 5) is 13.9. The van der Waals surface area contributed by atoms with Crippen LogP contribution in [0.2, 0.25) is 0 Å². The van der Waals surface area contributed by atoms with Crippen LogP contribution >= 0.6 is 12.4 Å². The first kappa shape index (κ1) is 21.8. The fourth-order valence-corrected chi connectivity index (χ4v) is 3.85. The van der Waals surface area contributed by atoms with Gasteiger partial charge in [0.15, 0.2) is 0 Å². The summed E-state index contributed by atoms with van der Waals surface area (Å²) in [6, 6.07) is 4.69. The molecule has 1 aliphatic heterocycles.